The van der Waals surface area contributed by atoms with Crippen molar-refractivity contribution in [3.8, 4) is 0 Å². The summed E-state index contributed by atoms with van der Waals surface area (Å²) < 4.78 is 26.6. The van der Waals surface area contributed by atoms with Crippen LogP contribution in [0.5, 0.6) is 0 Å². The van der Waals surface area contributed by atoms with Gasteiger partial charge in [-0.15, -0.1) is 0 Å². The minimum absolute atomic E-state index is 0.157. The normalized spacial score (nSPS) is 17.6. The molecule has 0 amide bonds. The molecule has 3 nitrogen and oxygen atoms in total. The van der Waals surface area contributed by atoms with Gasteiger partial charge in [-0.05, 0) is 43.0 Å². The molecule has 2 heterocycles. The predicted molar refractivity (Wildman–Crippen MR) is 95.0 cm³/mol. The summed E-state index contributed by atoms with van der Waals surface area (Å²) in [6.45, 7) is 2.90. The van der Waals surface area contributed by atoms with E-state index in [1.807, 2.05) is 30.3 Å². The van der Waals surface area contributed by atoms with Gasteiger partial charge in [0.15, 0.2) is 5.82 Å². The topological polar surface area (TPSA) is 29.0 Å². The number of para-hydroxylation sites is 1. The van der Waals surface area contributed by atoms with Gasteiger partial charge >= 0.3 is 0 Å². The zero-order valence-corrected chi connectivity index (χ0v) is 14.0. The summed E-state index contributed by atoms with van der Waals surface area (Å²) in [5.74, 6) is 0.218. The smallest absolute Gasteiger partial charge is 0.297 e. The van der Waals surface area contributed by atoms with Gasteiger partial charge in [0.2, 0.25) is 0 Å². The minimum atomic E-state index is -2.68. The molecule has 1 aromatic heterocycles. The fourth-order valence-electron chi connectivity index (χ4n) is 3.70. The van der Waals surface area contributed by atoms with E-state index in [9.17, 15) is 8.78 Å². The van der Waals surface area contributed by atoms with Gasteiger partial charge < -0.3 is 4.90 Å². The second-order valence-electron chi connectivity index (χ2n) is 6.43. The van der Waals surface area contributed by atoms with Crippen molar-refractivity contribution in [2.24, 2.45) is 0 Å². The Hall–Kier alpha value is -2.56. The maximum Gasteiger partial charge on any atom is 0.297 e. The van der Waals surface area contributed by atoms with Gasteiger partial charge in [0.1, 0.15) is 5.82 Å². The highest BCUT2D eigenvalue weighted by atomic mass is 19.3. The maximum atomic E-state index is 13.3. The Labute approximate surface area is 145 Å². The molecule has 1 saturated heterocycles. The van der Waals surface area contributed by atoms with Crippen molar-refractivity contribution in [3.63, 3.8) is 0 Å². The van der Waals surface area contributed by atoms with Crippen LogP contribution in [-0.2, 0) is 0 Å². The standard InChI is InChI=1S/C20H19F2N3/c1-13-7-2-3-8-14(13)17-11-6-12-25(17)20-15-9-4-5-10-16(15)23-19(24-20)18(21)22/h2-5,7-10,17-18H,6,11-12H2,1H3. The van der Waals surface area contributed by atoms with E-state index in [0.29, 0.717) is 11.3 Å². The zero-order valence-electron chi connectivity index (χ0n) is 14.0. The SMILES string of the molecule is Cc1ccccc1C1CCCN1c1nc(C(F)F)nc2ccccc12. The second-order valence-corrected chi connectivity index (χ2v) is 6.43. The van der Waals surface area contributed by atoms with E-state index in [2.05, 4.69) is 33.9 Å². The molecule has 1 unspecified atom stereocenters. The van der Waals surface area contributed by atoms with Gasteiger partial charge in [0, 0.05) is 11.9 Å². The number of benzene rings is 2. The van der Waals surface area contributed by atoms with E-state index in [1.54, 1.807) is 6.07 Å². The molecule has 0 radical (unpaired) electrons. The number of hydrogen-bond acceptors (Lipinski definition) is 3. The third-order valence-electron chi connectivity index (χ3n) is 4.87. The summed E-state index contributed by atoms with van der Waals surface area (Å²) in [5.41, 5.74) is 3.02. The number of halogens is 2. The molecule has 0 N–H and O–H groups in total. The van der Waals surface area contributed by atoms with E-state index in [1.165, 1.54) is 11.1 Å². The Bertz CT molecular complexity index is 910. The fraction of sp³-hybridized carbons (Fsp3) is 0.300. The Balaban J connectivity index is 1.87. The number of nitrogens with zero attached hydrogens (tertiary/aromatic N) is 3. The highest BCUT2D eigenvalue weighted by Crippen LogP contribution is 2.39. The summed E-state index contributed by atoms with van der Waals surface area (Å²) in [4.78, 5) is 10.5. The quantitative estimate of drug-likeness (QED) is 0.655. The van der Waals surface area contributed by atoms with Crippen LogP contribution in [0.1, 0.15) is 42.3 Å². The molecule has 128 valence electrons. The van der Waals surface area contributed by atoms with Crippen LogP contribution in [0.25, 0.3) is 10.9 Å². The molecule has 1 aliphatic rings. The maximum absolute atomic E-state index is 13.3. The first-order valence-corrected chi connectivity index (χ1v) is 8.52. The monoisotopic (exact) mass is 339 g/mol. The highest BCUT2D eigenvalue weighted by molar-refractivity contribution is 5.89. The number of anilines is 1. The summed E-state index contributed by atoms with van der Waals surface area (Å²) in [7, 11) is 0. The van der Waals surface area contributed by atoms with Gasteiger partial charge in [0.05, 0.1) is 11.6 Å². The molecule has 1 atom stereocenters. The first-order chi connectivity index (χ1) is 12.1. The molecule has 25 heavy (non-hydrogen) atoms. The van der Waals surface area contributed by atoms with Crippen molar-refractivity contribution in [1.29, 1.82) is 0 Å². The third kappa shape index (κ3) is 2.84. The lowest BCUT2D eigenvalue weighted by Crippen LogP contribution is -2.25. The number of alkyl halides is 2. The summed E-state index contributed by atoms with van der Waals surface area (Å²) >= 11 is 0. The molecule has 2 aromatic carbocycles. The van der Waals surface area contributed by atoms with E-state index in [4.69, 9.17) is 0 Å². The Kier molecular flexibility index (Phi) is 4.07. The summed E-state index contributed by atoms with van der Waals surface area (Å²) in [6, 6.07) is 15.8. The lowest BCUT2D eigenvalue weighted by Gasteiger charge is -2.28. The van der Waals surface area contributed by atoms with E-state index in [0.717, 1.165) is 24.8 Å². The van der Waals surface area contributed by atoms with Crippen LogP contribution >= 0.6 is 0 Å². The molecular formula is C20H19F2N3. The largest absolute Gasteiger partial charge is 0.349 e. The fourth-order valence-corrected chi connectivity index (χ4v) is 3.70. The molecule has 4 rings (SSSR count). The number of aryl methyl sites for hydroxylation is 1. The number of rotatable bonds is 3. The number of aromatic nitrogens is 2. The molecule has 0 saturated carbocycles. The molecule has 0 aliphatic carbocycles. The van der Waals surface area contributed by atoms with Gasteiger partial charge in [-0.1, -0.05) is 36.4 Å². The van der Waals surface area contributed by atoms with Crippen LogP contribution in [0.3, 0.4) is 0 Å². The summed E-state index contributed by atoms with van der Waals surface area (Å²) in [6.07, 6.45) is -0.669. The van der Waals surface area contributed by atoms with Crippen LogP contribution in [0.15, 0.2) is 48.5 Å². The van der Waals surface area contributed by atoms with Gasteiger partial charge in [-0.25, -0.2) is 18.7 Å². The van der Waals surface area contributed by atoms with Crippen LogP contribution in [0.4, 0.5) is 14.6 Å². The van der Waals surface area contributed by atoms with Crippen LogP contribution < -0.4 is 4.90 Å². The molecule has 0 bridgehead atoms. The average molecular weight is 339 g/mol. The van der Waals surface area contributed by atoms with Gasteiger partial charge in [-0.2, -0.15) is 0 Å². The first-order valence-electron chi connectivity index (χ1n) is 8.52. The minimum Gasteiger partial charge on any atom is -0.349 e. The lowest BCUT2D eigenvalue weighted by atomic mass is 9.99. The number of hydrogen-bond donors (Lipinski definition) is 0. The zero-order chi connectivity index (χ0) is 17.4. The highest BCUT2D eigenvalue weighted by Gasteiger charge is 2.30. The molecule has 1 aliphatic heterocycles. The Morgan fingerprint density at radius 3 is 2.60 bits per heavy atom. The first kappa shape index (κ1) is 15.9. The Morgan fingerprint density at radius 1 is 1.04 bits per heavy atom. The Morgan fingerprint density at radius 2 is 1.80 bits per heavy atom. The molecule has 0 spiro atoms. The van der Waals surface area contributed by atoms with Crippen LogP contribution in [-0.4, -0.2) is 16.5 Å². The van der Waals surface area contributed by atoms with E-state index < -0.39 is 12.2 Å². The van der Waals surface area contributed by atoms with E-state index >= 15 is 0 Å². The van der Waals surface area contributed by atoms with Crippen molar-refractivity contribution in [2.75, 3.05) is 11.4 Å². The van der Waals surface area contributed by atoms with Crippen molar-refractivity contribution < 1.29 is 8.78 Å². The second kappa shape index (κ2) is 6.39. The molecule has 3 aromatic rings. The van der Waals surface area contributed by atoms with Crippen LogP contribution in [0.2, 0.25) is 0 Å². The van der Waals surface area contributed by atoms with Crippen molar-refractivity contribution in [2.45, 2.75) is 32.2 Å². The third-order valence-corrected chi connectivity index (χ3v) is 4.87. The lowest BCUT2D eigenvalue weighted by molar-refractivity contribution is 0.141. The van der Waals surface area contributed by atoms with Crippen molar-refractivity contribution in [1.82, 2.24) is 9.97 Å². The van der Waals surface area contributed by atoms with Crippen LogP contribution in [0, 0.1) is 6.92 Å². The van der Waals surface area contributed by atoms with Crippen molar-refractivity contribution in [3.05, 3.63) is 65.5 Å². The molecular weight excluding hydrogens is 320 g/mol. The molecule has 5 heteroatoms. The predicted octanol–water partition coefficient (Wildman–Crippen LogP) is 5.22. The van der Waals surface area contributed by atoms with Gasteiger partial charge in [-0.3, -0.25) is 0 Å². The molecule has 1 fully saturated rings. The summed E-state index contributed by atoms with van der Waals surface area (Å²) in [5, 5.41) is 0.826. The average Bonchev–Trinajstić information content (AvgIpc) is 3.10. The van der Waals surface area contributed by atoms with Gasteiger partial charge in [0.25, 0.3) is 6.43 Å². The van der Waals surface area contributed by atoms with E-state index in [-0.39, 0.29) is 6.04 Å². The number of fused-ring (bicyclic) bond motifs is 1. The van der Waals surface area contributed by atoms with Crippen molar-refractivity contribution >= 4 is 16.7 Å².